The van der Waals surface area contributed by atoms with Crippen LogP contribution in [0, 0.1) is 11.7 Å². The zero-order valence-electron chi connectivity index (χ0n) is 9.21. The predicted octanol–water partition coefficient (Wildman–Crippen LogP) is 3.12. The molecule has 0 spiro atoms. The Morgan fingerprint density at radius 1 is 1.38 bits per heavy atom. The summed E-state index contributed by atoms with van der Waals surface area (Å²) in [4.78, 5) is 11.0. The summed E-state index contributed by atoms with van der Waals surface area (Å²) in [6.45, 7) is 3.47. The van der Waals surface area contributed by atoms with Crippen LogP contribution in [0.3, 0.4) is 0 Å². The van der Waals surface area contributed by atoms with Crippen LogP contribution in [0.4, 0.5) is 8.78 Å². The molecule has 0 aliphatic rings. The minimum Gasteiger partial charge on any atom is -0.479 e. The van der Waals surface area contributed by atoms with E-state index < -0.39 is 17.5 Å². The molecule has 4 heteroatoms. The van der Waals surface area contributed by atoms with Gasteiger partial charge in [-0.25, -0.2) is 13.6 Å². The van der Waals surface area contributed by atoms with Gasteiger partial charge in [-0.2, -0.15) is 0 Å². The second-order valence-corrected chi connectivity index (χ2v) is 4.21. The van der Waals surface area contributed by atoms with Crippen molar-refractivity contribution in [3.63, 3.8) is 0 Å². The monoisotopic (exact) mass is 228 g/mol. The first-order valence-electron chi connectivity index (χ1n) is 5.04. The lowest BCUT2D eigenvalue weighted by atomic mass is 9.87. The molecule has 0 bridgehead atoms. The number of carboxylic acid groups (broad SMARTS) is 1. The van der Waals surface area contributed by atoms with Crippen molar-refractivity contribution in [3.8, 4) is 0 Å². The molecule has 0 fully saturated rings. The molecule has 1 aromatic rings. The SMILES string of the molecule is CC(C)CC(F)(C(=O)O)c1ccc(F)cc1. The van der Waals surface area contributed by atoms with Gasteiger partial charge in [0.05, 0.1) is 0 Å². The van der Waals surface area contributed by atoms with Crippen molar-refractivity contribution in [1.82, 2.24) is 0 Å². The van der Waals surface area contributed by atoms with Gasteiger partial charge in [0.2, 0.25) is 5.67 Å². The van der Waals surface area contributed by atoms with Crippen molar-refractivity contribution in [2.45, 2.75) is 25.9 Å². The Morgan fingerprint density at radius 2 is 1.88 bits per heavy atom. The molecule has 0 saturated heterocycles. The lowest BCUT2D eigenvalue weighted by molar-refractivity contribution is -0.153. The third kappa shape index (κ3) is 2.56. The maximum absolute atomic E-state index is 14.3. The molecule has 0 heterocycles. The van der Waals surface area contributed by atoms with Crippen molar-refractivity contribution in [1.29, 1.82) is 0 Å². The summed E-state index contributed by atoms with van der Waals surface area (Å²) in [7, 11) is 0. The smallest absolute Gasteiger partial charge is 0.346 e. The molecule has 16 heavy (non-hydrogen) atoms. The summed E-state index contributed by atoms with van der Waals surface area (Å²) in [6.07, 6.45) is -0.131. The van der Waals surface area contributed by atoms with Crippen LogP contribution in [0.5, 0.6) is 0 Å². The fourth-order valence-electron chi connectivity index (χ4n) is 1.61. The van der Waals surface area contributed by atoms with Gasteiger partial charge in [-0.3, -0.25) is 0 Å². The fourth-order valence-corrected chi connectivity index (χ4v) is 1.61. The quantitative estimate of drug-likeness (QED) is 0.859. The second-order valence-electron chi connectivity index (χ2n) is 4.21. The summed E-state index contributed by atoms with van der Waals surface area (Å²) in [5.74, 6) is -2.15. The first-order valence-corrected chi connectivity index (χ1v) is 5.04. The van der Waals surface area contributed by atoms with Crippen molar-refractivity contribution < 1.29 is 18.7 Å². The highest BCUT2D eigenvalue weighted by Gasteiger charge is 2.41. The van der Waals surface area contributed by atoms with Crippen molar-refractivity contribution in [2.75, 3.05) is 0 Å². The summed E-state index contributed by atoms with van der Waals surface area (Å²) < 4.78 is 27.0. The van der Waals surface area contributed by atoms with Crippen molar-refractivity contribution in [2.24, 2.45) is 5.92 Å². The van der Waals surface area contributed by atoms with Gasteiger partial charge >= 0.3 is 5.97 Å². The van der Waals surface area contributed by atoms with Gasteiger partial charge in [-0.15, -0.1) is 0 Å². The van der Waals surface area contributed by atoms with E-state index in [1.54, 1.807) is 13.8 Å². The average Bonchev–Trinajstić information content (AvgIpc) is 2.17. The molecule has 0 amide bonds. The second kappa shape index (κ2) is 4.60. The highest BCUT2D eigenvalue weighted by molar-refractivity contribution is 5.79. The number of aliphatic carboxylic acids is 1. The van der Waals surface area contributed by atoms with Gasteiger partial charge in [0.15, 0.2) is 0 Å². The molecule has 88 valence electrons. The van der Waals surface area contributed by atoms with Crippen LogP contribution in [0.1, 0.15) is 25.8 Å². The van der Waals surface area contributed by atoms with Gasteiger partial charge in [0.25, 0.3) is 0 Å². The van der Waals surface area contributed by atoms with Crippen molar-refractivity contribution >= 4 is 5.97 Å². The maximum atomic E-state index is 14.3. The number of carbonyl (C=O) groups is 1. The van der Waals surface area contributed by atoms with Crippen LogP contribution in [-0.4, -0.2) is 11.1 Å². The van der Waals surface area contributed by atoms with E-state index in [-0.39, 0.29) is 17.9 Å². The van der Waals surface area contributed by atoms with Crippen LogP contribution in [0.25, 0.3) is 0 Å². The number of hydrogen-bond donors (Lipinski definition) is 1. The zero-order chi connectivity index (χ0) is 12.3. The fraction of sp³-hybridized carbons (Fsp3) is 0.417. The highest BCUT2D eigenvalue weighted by atomic mass is 19.1. The standard InChI is InChI=1S/C12H14F2O2/c1-8(2)7-12(14,11(15)16)9-3-5-10(13)6-4-9/h3-6,8H,7H2,1-2H3,(H,15,16). The molecule has 1 rings (SSSR count). The van der Waals surface area contributed by atoms with Gasteiger partial charge in [0, 0.05) is 5.56 Å². The van der Waals surface area contributed by atoms with E-state index >= 15 is 0 Å². The number of alkyl halides is 1. The van der Waals surface area contributed by atoms with E-state index in [0.717, 1.165) is 12.1 Å². The Kier molecular flexibility index (Phi) is 3.62. The lowest BCUT2D eigenvalue weighted by Gasteiger charge is -2.23. The normalized spacial score (nSPS) is 14.8. The Bertz CT molecular complexity index is 373. The van der Waals surface area contributed by atoms with Gasteiger partial charge in [0.1, 0.15) is 5.82 Å². The molecule has 0 saturated carbocycles. The number of carboxylic acids is 1. The van der Waals surface area contributed by atoms with Gasteiger partial charge in [-0.05, 0) is 24.5 Å². The number of hydrogen-bond acceptors (Lipinski definition) is 1. The first kappa shape index (κ1) is 12.6. The largest absolute Gasteiger partial charge is 0.479 e. The molecule has 0 radical (unpaired) electrons. The molecule has 0 aliphatic heterocycles. The van der Waals surface area contributed by atoms with E-state index in [4.69, 9.17) is 5.11 Å². The third-order valence-electron chi connectivity index (χ3n) is 2.33. The molecule has 2 nitrogen and oxygen atoms in total. The van der Waals surface area contributed by atoms with E-state index in [0.29, 0.717) is 0 Å². The molecule has 0 aliphatic carbocycles. The molecule has 1 unspecified atom stereocenters. The van der Waals surface area contributed by atoms with Crippen LogP contribution in [0.15, 0.2) is 24.3 Å². The molecular weight excluding hydrogens is 214 g/mol. The highest BCUT2D eigenvalue weighted by Crippen LogP contribution is 2.33. The Morgan fingerprint density at radius 3 is 2.25 bits per heavy atom. The van der Waals surface area contributed by atoms with Gasteiger partial charge in [-0.1, -0.05) is 26.0 Å². The summed E-state index contributed by atoms with van der Waals surface area (Å²) >= 11 is 0. The van der Waals surface area contributed by atoms with Crippen LogP contribution >= 0.6 is 0 Å². The van der Waals surface area contributed by atoms with Crippen LogP contribution in [-0.2, 0) is 10.5 Å². The Labute approximate surface area is 92.9 Å². The number of benzene rings is 1. The van der Waals surface area contributed by atoms with E-state index in [1.165, 1.54) is 12.1 Å². The minimum atomic E-state index is -2.44. The zero-order valence-corrected chi connectivity index (χ0v) is 9.21. The van der Waals surface area contributed by atoms with Crippen molar-refractivity contribution in [3.05, 3.63) is 35.6 Å². The number of halogens is 2. The Hall–Kier alpha value is -1.45. The topological polar surface area (TPSA) is 37.3 Å². The molecule has 1 aromatic carbocycles. The van der Waals surface area contributed by atoms with E-state index in [9.17, 15) is 13.6 Å². The molecular formula is C12H14F2O2. The summed E-state index contributed by atoms with van der Waals surface area (Å²) in [6, 6.07) is 4.47. The minimum absolute atomic E-state index is 0.0184. The van der Waals surface area contributed by atoms with Crippen LogP contribution < -0.4 is 0 Å². The number of rotatable bonds is 4. The average molecular weight is 228 g/mol. The molecule has 1 atom stereocenters. The molecule has 0 aromatic heterocycles. The van der Waals surface area contributed by atoms with E-state index in [2.05, 4.69) is 0 Å². The lowest BCUT2D eigenvalue weighted by Crippen LogP contribution is -2.32. The summed E-state index contributed by atoms with van der Waals surface area (Å²) in [5, 5.41) is 8.94. The predicted molar refractivity (Wildman–Crippen MR) is 56.3 cm³/mol. The van der Waals surface area contributed by atoms with Crippen LogP contribution in [0.2, 0.25) is 0 Å². The Balaban J connectivity index is 3.11. The first-order chi connectivity index (χ1) is 7.36. The van der Waals surface area contributed by atoms with E-state index in [1.807, 2.05) is 0 Å². The molecule has 1 N–H and O–H groups in total. The maximum Gasteiger partial charge on any atom is 0.346 e. The van der Waals surface area contributed by atoms with Gasteiger partial charge < -0.3 is 5.11 Å². The third-order valence-corrected chi connectivity index (χ3v) is 2.33. The summed E-state index contributed by atoms with van der Waals surface area (Å²) in [5.41, 5.74) is -2.46.